The Hall–Kier alpha value is -5.08. The van der Waals surface area contributed by atoms with Gasteiger partial charge in [0.1, 0.15) is 0 Å². The van der Waals surface area contributed by atoms with Crippen LogP contribution in [0.25, 0.3) is 38.6 Å². The fraction of sp³-hybridized carbons (Fsp3) is 0.100. The highest BCUT2D eigenvalue weighted by Gasteiger charge is 2.17. The second kappa shape index (κ2) is 10.7. The summed E-state index contributed by atoms with van der Waals surface area (Å²) in [7, 11) is 0. The molecular weight excluding hydrogens is 508 g/mol. The van der Waals surface area contributed by atoms with Crippen molar-refractivity contribution >= 4 is 38.9 Å². The Balaban J connectivity index is 1.31. The molecule has 0 aliphatic carbocycles. The Labute approximate surface area is 248 Å². The molecule has 1 aromatic heterocycles. The molecule has 0 aliphatic rings. The van der Waals surface area contributed by atoms with Gasteiger partial charge in [0.05, 0.1) is 11.0 Å². The van der Waals surface area contributed by atoms with Gasteiger partial charge in [0, 0.05) is 33.5 Å². The van der Waals surface area contributed by atoms with Gasteiger partial charge in [-0.05, 0) is 103 Å². The van der Waals surface area contributed by atoms with Gasteiger partial charge in [0.15, 0.2) is 0 Å². The van der Waals surface area contributed by atoms with Crippen LogP contribution in [-0.2, 0) is 6.42 Å². The molecular formula is C40H34N2. The molecule has 0 saturated carbocycles. The van der Waals surface area contributed by atoms with Crippen LogP contribution in [0.1, 0.15) is 23.6 Å². The Bertz CT molecular complexity index is 2000. The van der Waals surface area contributed by atoms with Crippen LogP contribution in [0, 0.1) is 13.8 Å². The van der Waals surface area contributed by atoms with Crippen molar-refractivity contribution in [3.05, 3.63) is 156 Å². The highest BCUT2D eigenvalue weighted by Crippen LogP contribution is 2.40. The van der Waals surface area contributed by atoms with E-state index in [1.54, 1.807) is 0 Å². The van der Waals surface area contributed by atoms with E-state index in [4.69, 9.17) is 0 Å². The number of para-hydroxylation sites is 4. The maximum absolute atomic E-state index is 2.39. The molecule has 1 heterocycles. The second-order valence-corrected chi connectivity index (χ2v) is 11.0. The number of hydrogen-bond donors (Lipinski definition) is 0. The van der Waals surface area contributed by atoms with E-state index in [0.29, 0.717) is 0 Å². The maximum atomic E-state index is 2.39. The van der Waals surface area contributed by atoms with Gasteiger partial charge in [-0.3, -0.25) is 0 Å². The lowest BCUT2D eigenvalue weighted by atomic mass is 9.95. The Morgan fingerprint density at radius 2 is 1.10 bits per heavy atom. The summed E-state index contributed by atoms with van der Waals surface area (Å²) in [5, 5.41) is 2.57. The molecule has 0 bridgehead atoms. The van der Waals surface area contributed by atoms with Crippen LogP contribution in [0.4, 0.5) is 17.1 Å². The molecule has 204 valence electrons. The van der Waals surface area contributed by atoms with Gasteiger partial charge >= 0.3 is 0 Å². The average Bonchev–Trinajstić information content (AvgIpc) is 3.37. The molecule has 42 heavy (non-hydrogen) atoms. The molecule has 7 rings (SSSR count). The lowest BCUT2D eigenvalue weighted by Gasteiger charge is -2.28. The number of benzene rings is 6. The van der Waals surface area contributed by atoms with Crippen LogP contribution in [-0.4, -0.2) is 4.57 Å². The van der Waals surface area contributed by atoms with Crippen LogP contribution >= 0.6 is 0 Å². The predicted octanol–water partition coefficient (Wildman–Crippen LogP) is 11.1. The molecule has 0 atom stereocenters. The van der Waals surface area contributed by atoms with Gasteiger partial charge in [-0.25, -0.2) is 0 Å². The smallest absolute Gasteiger partial charge is 0.0541 e. The number of anilines is 3. The number of aromatic nitrogens is 1. The molecule has 0 fully saturated rings. The summed E-state index contributed by atoms with van der Waals surface area (Å²) in [5.74, 6) is 0. The molecule has 0 aliphatic heterocycles. The lowest BCUT2D eigenvalue weighted by Crippen LogP contribution is -2.12. The summed E-state index contributed by atoms with van der Waals surface area (Å²) in [4.78, 5) is 2.38. The van der Waals surface area contributed by atoms with E-state index in [0.717, 1.165) is 12.1 Å². The van der Waals surface area contributed by atoms with Crippen molar-refractivity contribution in [2.45, 2.75) is 27.2 Å². The molecule has 6 aromatic carbocycles. The quantitative estimate of drug-likeness (QED) is 0.203. The zero-order valence-electron chi connectivity index (χ0n) is 24.4. The molecule has 0 spiro atoms. The Kier molecular flexibility index (Phi) is 6.60. The maximum Gasteiger partial charge on any atom is 0.0541 e. The van der Waals surface area contributed by atoms with Gasteiger partial charge in [0.2, 0.25) is 0 Å². The number of nitrogens with zero attached hydrogens (tertiary/aromatic N) is 2. The second-order valence-electron chi connectivity index (χ2n) is 11.0. The summed E-state index contributed by atoms with van der Waals surface area (Å²) < 4.78 is 2.39. The van der Waals surface area contributed by atoms with E-state index in [1.807, 2.05) is 0 Å². The normalized spacial score (nSPS) is 11.3. The summed E-state index contributed by atoms with van der Waals surface area (Å²) in [6.07, 6.45) is 0.980. The molecule has 2 heteroatoms. The van der Waals surface area contributed by atoms with E-state index in [9.17, 15) is 0 Å². The van der Waals surface area contributed by atoms with Gasteiger partial charge in [0.25, 0.3) is 0 Å². The largest absolute Gasteiger partial charge is 0.310 e. The van der Waals surface area contributed by atoms with E-state index in [1.165, 1.54) is 66.7 Å². The molecule has 0 amide bonds. The van der Waals surface area contributed by atoms with Gasteiger partial charge in [-0.15, -0.1) is 0 Å². The fourth-order valence-electron chi connectivity index (χ4n) is 6.41. The van der Waals surface area contributed by atoms with Crippen molar-refractivity contribution in [3.8, 4) is 16.8 Å². The van der Waals surface area contributed by atoms with Crippen LogP contribution in [0.3, 0.4) is 0 Å². The van der Waals surface area contributed by atoms with Crippen molar-refractivity contribution < 1.29 is 0 Å². The van der Waals surface area contributed by atoms with E-state index in [2.05, 4.69) is 170 Å². The third kappa shape index (κ3) is 4.37. The highest BCUT2D eigenvalue weighted by molar-refractivity contribution is 6.09. The van der Waals surface area contributed by atoms with Gasteiger partial charge in [-0.1, -0.05) is 91.9 Å². The minimum Gasteiger partial charge on any atom is -0.310 e. The molecule has 0 unspecified atom stereocenters. The van der Waals surface area contributed by atoms with Crippen LogP contribution in [0.2, 0.25) is 0 Å². The van der Waals surface area contributed by atoms with Gasteiger partial charge < -0.3 is 9.47 Å². The van der Waals surface area contributed by atoms with E-state index >= 15 is 0 Å². The van der Waals surface area contributed by atoms with Crippen molar-refractivity contribution in [1.82, 2.24) is 4.57 Å². The molecule has 0 N–H and O–H groups in total. The SMILES string of the molecule is CCc1ccccc1N(c1ccccc1)c1ccc(-c2ccc(-n3c4ccccc4c4ccccc43)cc2C)c(C)c1. The summed E-state index contributed by atoms with van der Waals surface area (Å²) in [6, 6.07) is 50.5. The van der Waals surface area contributed by atoms with Crippen molar-refractivity contribution in [2.75, 3.05) is 4.90 Å². The van der Waals surface area contributed by atoms with Gasteiger partial charge in [-0.2, -0.15) is 0 Å². The topological polar surface area (TPSA) is 8.17 Å². The minimum absolute atomic E-state index is 0.980. The monoisotopic (exact) mass is 542 g/mol. The minimum atomic E-state index is 0.980. The first-order valence-corrected chi connectivity index (χ1v) is 14.8. The number of rotatable bonds is 6. The molecule has 0 saturated heterocycles. The Morgan fingerprint density at radius 3 is 1.74 bits per heavy atom. The number of fused-ring (bicyclic) bond motifs is 3. The predicted molar refractivity (Wildman–Crippen MR) is 180 cm³/mol. The first-order valence-electron chi connectivity index (χ1n) is 14.8. The lowest BCUT2D eigenvalue weighted by molar-refractivity contribution is 1.11. The molecule has 0 radical (unpaired) electrons. The number of hydrogen-bond acceptors (Lipinski definition) is 1. The third-order valence-electron chi connectivity index (χ3n) is 8.43. The number of aryl methyl sites for hydroxylation is 3. The molecule has 7 aromatic rings. The highest BCUT2D eigenvalue weighted by atomic mass is 15.1. The standard InChI is InChI=1S/C40H34N2/c1-4-30-14-8-11-19-38(30)41(31-15-6-5-7-16-31)32-22-24-34(28(2)26-32)35-25-23-33(27-29(35)3)42-39-20-12-9-17-36(39)37-18-10-13-21-40(37)42/h5-27H,4H2,1-3H3. The Morgan fingerprint density at radius 1 is 0.524 bits per heavy atom. The van der Waals surface area contributed by atoms with Crippen LogP contribution in [0.15, 0.2) is 140 Å². The van der Waals surface area contributed by atoms with E-state index in [-0.39, 0.29) is 0 Å². The van der Waals surface area contributed by atoms with Crippen molar-refractivity contribution in [3.63, 3.8) is 0 Å². The third-order valence-corrected chi connectivity index (χ3v) is 8.43. The summed E-state index contributed by atoms with van der Waals surface area (Å²) >= 11 is 0. The first-order chi connectivity index (χ1) is 20.6. The average molecular weight is 543 g/mol. The zero-order valence-corrected chi connectivity index (χ0v) is 24.4. The van der Waals surface area contributed by atoms with Crippen molar-refractivity contribution in [1.29, 1.82) is 0 Å². The fourth-order valence-corrected chi connectivity index (χ4v) is 6.41. The molecule has 2 nitrogen and oxygen atoms in total. The summed E-state index contributed by atoms with van der Waals surface area (Å²) in [6.45, 7) is 6.68. The van der Waals surface area contributed by atoms with Crippen molar-refractivity contribution in [2.24, 2.45) is 0 Å². The summed E-state index contributed by atoms with van der Waals surface area (Å²) in [5.41, 5.74) is 13.6. The van der Waals surface area contributed by atoms with Crippen LogP contribution < -0.4 is 4.90 Å². The van der Waals surface area contributed by atoms with Crippen LogP contribution in [0.5, 0.6) is 0 Å². The zero-order chi connectivity index (χ0) is 28.6. The van der Waals surface area contributed by atoms with E-state index < -0.39 is 0 Å². The first kappa shape index (κ1) is 25.9.